The summed E-state index contributed by atoms with van der Waals surface area (Å²) in [6.07, 6.45) is 0.706. The van der Waals surface area contributed by atoms with Gasteiger partial charge in [-0.15, -0.1) is 0 Å². The Balaban J connectivity index is 2.93. The van der Waals surface area contributed by atoms with Crippen LogP contribution in [0.25, 0.3) is 0 Å². The molecule has 1 aromatic carbocycles. The maximum Gasteiger partial charge on any atom is 0.0771 e. The zero-order valence-corrected chi connectivity index (χ0v) is 8.24. The van der Waals surface area contributed by atoms with Crippen LogP contribution in [0, 0.1) is 13.8 Å². The SMILES string of the molecule is Cc1cc(C)cc(CC(N)=S)c1. The van der Waals surface area contributed by atoms with E-state index in [1.165, 1.54) is 16.7 Å². The molecule has 0 atom stereocenters. The number of benzene rings is 1. The van der Waals surface area contributed by atoms with E-state index in [4.69, 9.17) is 18.0 Å². The van der Waals surface area contributed by atoms with Gasteiger partial charge in [-0.05, 0) is 19.4 Å². The smallest absolute Gasteiger partial charge is 0.0771 e. The van der Waals surface area contributed by atoms with Crippen LogP contribution in [0.2, 0.25) is 0 Å². The zero-order valence-electron chi connectivity index (χ0n) is 7.42. The summed E-state index contributed by atoms with van der Waals surface area (Å²) in [4.78, 5) is 0.556. The third kappa shape index (κ3) is 2.62. The van der Waals surface area contributed by atoms with E-state index in [2.05, 4.69) is 32.0 Å². The van der Waals surface area contributed by atoms with Gasteiger partial charge in [0.2, 0.25) is 0 Å². The molecule has 0 saturated heterocycles. The Morgan fingerprint density at radius 2 is 1.75 bits per heavy atom. The van der Waals surface area contributed by atoms with Crippen LogP contribution in [0.15, 0.2) is 18.2 Å². The van der Waals surface area contributed by atoms with Crippen LogP contribution in [0.1, 0.15) is 16.7 Å². The third-order valence-corrected chi connectivity index (χ3v) is 1.80. The van der Waals surface area contributed by atoms with Gasteiger partial charge in [0.1, 0.15) is 0 Å². The number of hydrogen-bond acceptors (Lipinski definition) is 1. The first kappa shape index (κ1) is 9.20. The van der Waals surface area contributed by atoms with E-state index in [1.807, 2.05) is 0 Å². The highest BCUT2D eigenvalue weighted by Crippen LogP contribution is 2.09. The molecular formula is C10H13NS. The van der Waals surface area contributed by atoms with Crippen LogP contribution in [0.5, 0.6) is 0 Å². The van der Waals surface area contributed by atoms with Crippen molar-refractivity contribution in [3.05, 3.63) is 34.9 Å². The van der Waals surface area contributed by atoms with Crippen molar-refractivity contribution in [2.75, 3.05) is 0 Å². The first-order valence-corrected chi connectivity index (χ1v) is 4.34. The molecule has 0 aliphatic rings. The Morgan fingerprint density at radius 1 is 1.25 bits per heavy atom. The van der Waals surface area contributed by atoms with Gasteiger partial charge in [0.05, 0.1) is 4.99 Å². The van der Waals surface area contributed by atoms with Gasteiger partial charge in [-0.3, -0.25) is 0 Å². The van der Waals surface area contributed by atoms with Gasteiger partial charge < -0.3 is 5.73 Å². The molecule has 1 rings (SSSR count). The molecule has 0 aromatic heterocycles. The standard InChI is InChI=1S/C10H13NS/c1-7-3-8(2)5-9(4-7)6-10(11)12/h3-5H,6H2,1-2H3,(H2,11,12). The second kappa shape index (κ2) is 3.68. The number of aryl methyl sites for hydroxylation is 2. The number of rotatable bonds is 2. The monoisotopic (exact) mass is 179 g/mol. The maximum absolute atomic E-state index is 5.46. The van der Waals surface area contributed by atoms with Crippen LogP contribution < -0.4 is 5.73 Å². The van der Waals surface area contributed by atoms with Crippen LogP contribution in [0.3, 0.4) is 0 Å². The first-order chi connectivity index (χ1) is 5.58. The van der Waals surface area contributed by atoms with Crippen molar-refractivity contribution >= 4 is 17.2 Å². The topological polar surface area (TPSA) is 26.0 Å². The molecule has 1 nitrogen and oxygen atoms in total. The van der Waals surface area contributed by atoms with Crippen LogP contribution >= 0.6 is 12.2 Å². The average molecular weight is 179 g/mol. The molecule has 0 spiro atoms. The van der Waals surface area contributed by atoms with Gasteiger partial charge in [-0.2, -0.15) is 0 Å². The molecule has 0 unspecified atom stereocenters. The van der Waals surface area contributed by atoms with E-state index < -0.39 is 0 Å². The summed E-state index contributed by atoms with van der Waals surface area (Å²) in [7, 11) is 0. The molecule has 0 aliphatic heterocycles. The van der Waals surface area contributed by atoms with E-state index in [9.17, 15) is 0 Å². The summed E-state index contributed by atoms with van der Waals surface area (Å²) in [5.41, 5.74) is 9.19. The fraction of sp³-hybridized carbons (Fsp3) is 0.300. The summed E-state index contributed by atoms with van der Waals surface area (Å²) >= 11 is 4.84. The molecule has 0 bridgehead atoms. The van der Waals surface area contributed by atoms with Crippen molar-refractivity contribution in [2.45, 2.75) is 20.3 Å². The summed E-state index contributed by atoms with van der Waals surface area (Å²) in [5.74, 6) is 0. The fourth-order valence-corrected chi connectivity index (χ4v) is 1.54. The van der Waals surface area contributed by atoms with Gasteiger partial charge in [0.25, 0.3) is 0 Å². The minimum absolute atomic E-state index is 0.556. The predicted octanol–water partition coefficient (Wildman–Crippen LogP) is 2.13. The summed E-state index contributed by atoms with van der Waals surface area (Å²) in [6, 6.07) is 6.38. The van der Waals surface area contributed by atoms with Crippen LogP contribution in [-0.2, 0) is 6.42 Å². The lowest BCUT2D eigenvalue weighted by Gasteiger charge is -2.02. The summed E-state index contributed by atoms with van der Waals surface area (Å²) in [6.45, 7) is 4.16. The molecule has 0 radical (unpaired) electrons. The molecule has 1 aromatic rings. The highest BCUT2D eigenvalue weighted by Gasteiger charge is 1.96. The van der Waals surface area contributed by atoms with E-state index in [-0.39, 0.29) is 0 Å². The Kier molecular flexibility index (Phi) is 2.82. The quantitative estimate of drug-likeness (QED) is 0.704. The summed E-state index contributed by atoms with van der Waals surface area (Å²) < 4.78 is 0. The minimum atomic E-state index is 0.556. The van der Waals surface area contributed by atoms with Crippen molar-refractivity contribution in [2.24, 2.45) is 5.73 Å². The molecular weight excluding hydrogens is 166 g/mol. The normalized spacial score (nSPS) is 9.83. The lowest BCUT2D eigenvalue weighted by atomic mass is 10.1. The largest absolute Gasteiger partial charge is 0.393 e. The molecule has 0 aliphatic carbocycles. The Hall–Kier alpha value is -0.890. The molecule has 0 heterocycles. The second-order valence-electron chi connectivity index (χ2n) is 3.14. The lowest BCUT2D eigenvalue weighted by molar-refractivity contribution is 1.26. The molecule has 64 valence electrons. The van der Waals surface area contributed by atoms with Gasteiger partial charge in [0, 0.05) is 6.42 Å². The van der Waals surface area contributed by atoms with E-state index in [1.54, 1.807) is 0 Å². The number of nitrogens with two attached hydrogens (primary N) is 1. The van der Waals surface area contributed by atoms with Crippen molar-refractivity contribution in [1.29, 1.82) is 0 Å². The highest BCUT2D eigenvalue weighted by atomic mass is 32.1. The minimum Gasteiger partial charge on any atom is -0.393 e. The Bertz CT molecular complexity index is 284. The number of hydrogen-bond donors (Lipinski definition) is 1. The third-order valence-electron chi connectivity index (χ3n) is 1.66. The molecule has 2 heteroatoms. The van der Waals surface area contributed by atoms with Crippen molar-refractivity contribution in [1.82, 2.24) is 0 Å². The molecule has 2 N–H and O–H groups in total. The molecule has 0 saturated carbocycles. The van der Waals surface area contributed by atoms with E-state index >= 15 is 0 Å². The summed E-state index contributed by atoms with van der Waals surface area (Å²) in [5, 5.41) is 0. The highest BCUT2D eigenvalue weighted by molar-refractivity contribution is 7.80. The van der Waals surface area contributed by atoms with Crippen LogP contribution in [-0.4, -0.2) is 4.99 Å². The molecule has 0 amide bonds. The van der Waals surface area contributed by atoms with Crippen LogP contribution in [0.4, 0.5) is 0 Å². The average Bonchev–Trinajstić information content (AvgIpc) is 1.81. The first-order valence-electron chi connectivity index (χ1n) is 3.93. The zero-order chi connectivity index (χ0) is 9.14. The van der Waals surface area contributed by atoms with Gasteiger partial charge in [-0.1, -0.05) is 41.5 Å². The molecule has 0 fully saturated rings. The van der Waals surface area contributed by atoms with Crippen molar-refractivity contribution in [3.8, 4) is 0 Å². The predicted molar refractivity (Wildman–Crippen MR) is 56.4 cm³/mol. The maximum atomic E-state index is 5.46. The van der Waals surface area contributed by atoms with Gasteiger partial charge in [-0.25, -0.2) is 0 Å². The Labute approximate surface area is 78.6 Å². The van der Waals surface area contributed by atoms with E-state index in [0.717, 1.165) is 0 Å². The van der Waals surface area contributed by atoms with Gasteiger partial charge in [0.15, 0.2) is 0 Å². The molecule has 12 heavy (non-hydrogen) atoms. The van der Waals surface area contributed by atoms with Crippen molar-refractivity contribution in [3.63, 3.8) is 0 Å². The van der Waals surface area contributed by atoms with Crippen molar-refractivity contribution < 1.29 is 0 Å². The fourth-order valence-electron chi connectivity index (χ4n) is 1.37. The van der Waals surface area contributed by atoms with E-state index in [0.29, 0.717) is 11.4 Å². The number of thiocarbonyl (C=S) groups is 1. The lowest BCUT2D eigenvalue weighted by Crippen LogP contribution is -2.11. The van der Waals surface area contributed by atoms with Gasteiger partial charge >= 0.3 is 0 Å². The Morgan fingerprint density at radius 3 is 2.17 bits per heavy atom. The second-order valence-corrected chi connectivity index (χ2v) is 3.66.